The Morgan fingerprint density at radius 2 is 2.06 bits per heavy atom. The summed E-state index contributed by atoms with van der Waals surface area (Å²) in [4.78, 5) is 6.07. The quantitative estimate of drug-likeness (QED) is 0.662. The summed E-state index contributed by atoms with van der Waals surface area (Å²) in [6.45, 7) is 5.14. The largest absolute Gasteiger partial charge is 0.382 e. The minimum Gasteiger partial charge on any atom is -0.382 e. The summed E-state index contributed by atoms with van der Waals surface area (Å²) in [5.74, 6) is 0. The Hall–Kier alpha value is -0.490. The molecule has 104 valence electrons. The molecule has 0 unspecified atom stereocenters. The number of hydrogen-bond donors (Lipinski definition) is 1. The number of methoxy groups -OCH3 is 1. The predicted octanol–water partition coefficient (Wildman–Crippen LogP) is 2.02. The fourth-order valence-electron chi connectivity index (χ4n) is 1.68. The van der Waals surface area contributed by atoms with Crippen molar-refractivity contribution < 1.29 is 9.47 Å². The van der Waals surface area contributed by atoms with Crippen LogP contribution in [0.1, 0.15) is 28.9 Å². The number of nitrogens with zero attached hydrogens (tertiary/aromatic N) is 1. The number of thiazole rings is 1. The molecule has 0 aromatic carbocycles. The maximum absolute atomic E-state index is 5.47. The van der Waals surface area contributed by atoms with Gasteiger partial charge >= 0.3 is 0 Å². The van der Waals surface area contributed by atoms with Crippen LogP contribution in [0.15, 0.2) is 0 Å². The highest BCUT2D eigenvalue weighted by Crippen LogP contribution is 2.20. The number of nitrogens with one attached hydrogen (secondary N) is 1. The van der Waals surface area contributed by atoms with Crippen molar-refractivity contribution >= 4 is 11.3 Å². The Bertz CT molecular complexity index is 305. The second kappa shape index (κ2) is 9.44. The van der Waals surface area contributed by atoms with Crippen LogP contribution in [0.3, 0.4) is 0 Å². The van der Waals surface area contributed by atoms with Gasteiger partial charge in [-0.15, -0.1) is 11.3 Å². The minimum absolute atomic E-state index is 0.657. The van der Waals surface area contributed by atoms with Gasteiger partial charge in [0.1, 0.15) is 0 Å². The number of aromatic nitrogens is 1. The van der Waals surface area contributed by atoms with Gasteiger partial charge in [0, 0.05) is 25.0 Å². The van der Waals surface area contributed by atoms with Crippen molar-refractivity contribution in [3.63, 3.8) is 0 Å². The third-order valence-corrected chi connectivity index (χ3v) is 3.70. The summed E-state index contributed by atoms with van der Waals surface area (Å²) in [6.07, 6.45) is 3.11. The average molecular weight is 272 g/mol. The molecule has 0 radical (unpaired) electrons. The molecule has 1 N–H and O–H groups in total. The summed E-state index contributed by atoms with van der Waals surface area (Å²) in [5, 5.41) is 4.38. The van der Waals surface area contributed by atoms with E-state index < -0.39 is 0 Å². The zero-order valence-corrected chi connectivity index (χ0v) is 12.4. The lowest BCUT2D eigenvalue weighted by Crippen LogP contribution is -2.05. The Balaban J connectivity index is 2.42. The van der Waals surface area contributed by atoms with Crippen LogP contribution in [-0.2, 0) is 28.9 Å². The molecule has 0 bridgehead atoms. The molecule has 0 saturated carbocycles. The van der Waals surface area contributed by atoms with Crippen LogP contribution in [-0.4, -0.2) is 39.0 Å². The second-order valence-electron chi connectivity index (χ2n) is 4.11. The van der Waals surface area contributed by atoms with E-state index in [1.165, 1.54) is 15.6 Å². The molecule has 1 aromatic rings. The lowest BCUT2D eigenvalue weighted by Gasteiger charge is -2.00. The van der Waals surface area contributed by atoms with Gasteiger partial charge in [-0.25, -0.2) is 4.98 Å². The Morgan fingerprint density at radius 1 is 1.22 bits per heavy atom. The van der Waals surface area contributed by atoms with E-state index >= 15 is 0 Å². The highest BCUT2D eigenvalue weighted by molar-refractivity contribution is 7.11. The van der Waals surface area contributed by atoms with Crippen molar-refractivity contribution in [3.8, 4) is 0 Å². The van der Waals surface area contributed by atoms with E-state index in [4.69, 9.17) is 14.5 Å². The summed E-state index contributed by atoms with van der Waals surface area (Å²) >= 11 is 1.80. The first-order chi connectivity index (χ1) is 8.81. The van der Waals surface area contributed by atoms with Crippen molar-refractivity contribution in [2.75, 3.05) is 34.0 Å². The van der Waals surface area contributed by atoms with Gasteiger partial charge in [0.15, 0.2) is 0 Å². The predicted molar refractivity (Wildman–Crippen MR) is 75.3 cm³/mol. The molecule has 1 aromatic heterocycles. The maximum Gasteiger partial charge on any atom is 0.0954 e. The number of ether oxygens (including phenoxy) is 2. The van der Waals surface area contributed by atoms with Gasteiger partial charge in [-0.05, 0) is 13.5 Å². The molecule has 4 nitrogen and oxygen atoms in total. The van der Waals surface area contributed by atoms with Gasteiger partial charge < -0.3 is 14.8 Å². The maximum atomic E-state index is 5.47. The first-order valence-corrected chi connectivity index (χ1v) is 7.32. The third kappa shape index (κ3) is 5.44. The molecular formula is C13H24N2O2S. The highest BCUT2D eigenvalue weighted by Gasteiger charge is 2.09. The lowest BCUT2D eigenvalue weighted by molar-refractivity contribution is 0.0722. The number of rotatable bonds is 10. The standard InChI is InChI=1S/C13H24N2O2S/c1-4-5-11-12(10-14-2)18-13(15-11)6-7-17-9-8-16-3/h14H,4-10H2,1-3H3. The van der Waals surface area contributed by atoms with Crippen molar-refractivity contribution in [1.82, 2.24) is 10.3 Å². The number of aryl methyl sites for hydroxylation is 1. The SMILES string of the molecule is CCCc1nc(CCOCCOC)sc1CNC. The van der Waals surface area contributed by atoms with E-state index in [0.717, 1.165) is 32.4 Å². The summed E-state index contributed by atoms with van der Waals surface area (Å²) in [6, 6.07) is 0. The van der Waals surface area contributed by atoms with Crippen LogP contribution in [0, 0.1) is 0 Å². The molecule has 5 heteroatoms. The van der Waals surface area contributed by atoms with E-state index in [9.17, 15) is 0 Å². The van der Waals surface area contributed by atoms with Crippen molar-refractivity contribution in [2.24, 2.45) is 0 Å². The van der Waals surface area contributed by atoms with Crippen LogP contribution in [0.4, 0.5) is 0 Å². The molecule has 0 aliphatic heterocycles. The van der Waals surface area contributed by atoms with E-state index in [1.54, 1.807) is 18.4 Å². The van der Waals surface area contributed by atoms with Crippen LogP contribution >= 0.6 is 11.3 Å². The van der Waals surface area contributed by atoms with E-state index in [0.29, 0.717) is 13.2 Å². The second-order valence-corrected chi connectivity index (χ2v) is 5.28. The summed E-state index contributed by atoms with van der Waals surface area (Å²) in [7, 11) is 3.66. The molecular weight excluding hydrogens is 248 g/mol. The normalized spacial score (nSPS) is 11.1. The van der Waals surface area contributed by atoms with Gasteiger partial charge in [-0.3, -0.25) is 0 Å². The first-order valence-electron chi connectivity index (χ1n) is 6.50. The average Bonchev–Trinajstić information content (AvgIpc) is 2.73. The molecule has 0 atom stereocenters. The van der Waals surface area contributed by atoms with Gasteiger partial charge in [-0.2, -0.15) is 0 Å². The van der Waals surface area contributed by atoms with Crippen LogP contribution in [0.5, 0.6) is 0 Å². The highest BCUT2D eigenvalue weighted by atomic mass is 32.1. The van der Waals surface area contributed by atoms with Crippen LogP contribution in [0.2, 0.25) is 0 Å². The molecule has 1 heterocycles. The van der Waals surface area contributed by atoms with Gasteiger partial charge in [0.05, 0.1) is 30.5 Å². The minimum atomic E-state index is 0.657. The Kier molecular flexibility index (Phi) is 8.17. The van der Waals surface area contributed by atoms with Crippen LogP contribution in [0.25, 0.3) is 0 Å². The molecule has 0 aliphatic carbocycles. The monoisotopic (exact) mass is 272 g/mol. The Labute approximate surface area is 114 Å². The van der Waals surface area contributed by atoms with Gasteiger partial charge in [0.25, 0.3) is 0 Å². The van der Waals surface area contributed by atoms with Crippen LogP contribution < -0.4 is 5.32 Å². The van der Waals surface area contributed by atoms with Gasteiger partial charge in [-0.1, -0.05) is 13.3 Å². The topological polar surface area (TPSA) is 43.4 Å². The zero-order valence-electron chi connectivity index (χ0n) is 11.6. The van der Waals surface area contributed by atoms with Crippen molar-refractivity contribution in [3.05, 3.63) is 15.6 Å². The molecule has 0 fully saturated rings. The summed E-state index contributed by atoms with van der Waals surface area (Å²) < 4.78 is 10.4. The number of hydrogen-bond acceptors (Lipinski definition) is 5. The Morgan fingerprint density at radius 3 is 2.72 bits per heavy atom. The molecule has 0 amide bonds. The third-order valence-electron chi connectivity index (χ3n) is 2.54. The van der Waals surface area contributed by atoms with Crippen molar-refractivity contribution in [2.45, 2.75) is 32.7 Å². The molecule has 0 spiro atoms. The molecule has 0 aliphatic rings. The fourth-order valence-corrected chi connectivity index (χ4v) is 2.79. The van der Waals surface area contributed by atoms with Gasteiger partial charge in [0.2, 0.25) is 0 Å². The molecule has 1 rings (SSSR count). The molecule has 18 heavy (non-hydrogen) atoms. The van der Waals surface area contributed by atoms with E-state index in [2.05, 4.69) is 12.2 Å². The summed E-state index contributed by atoms with van der Waals surface area (Å²) in [5.41, 5.74) is 1.25. The molecule has 0 saturated heterocycles. The van der Waals surface area contributed by atoms with E-state index in [-0.39, 0.29) is 0 Å². The smallest absolute Gasteiger partial charge is 0.0954 e. The zero-order chi connectivity index (χ0) is 13.2. The fraction of sp³-hybridized carbons (Fsp3) is 0.769. The van der Waals surface area contributed by atoms with E-state index in [1.807, 2.05) is 7.05 Å². The lowest BCUT2D eigenvalue weighted by atomic mass is 10.2. The first kappa shape index (κ1) is 15.6. The van der Waals surface area contributed by atoms with Crippen molar-refractivity contribution in [1.29, 1.82) is 0 Å².